The van der Waals surface area contributed by atoms with Gasteiger partial charge in [0.2, 0.25) is 0 Å². The third-order valence-corrected chi connectivity index (χ3v) is 3.59. The average molecular weight is 261 g/mol. The van der Waals surface area contributed by atoms with Crippen LogP contribution in [0.25, 0.3) is 0 Å². The highest BCUT2D eigenvalue weighted by Crippen LogP contribution is 2.22. The molecule has 0 bridgehead atoms. The molecular weight excluding hydrogens is 242 g/mol. The molecule has 2 aromatic rings. The van der Waals surface area contributed by atoms with Crippen molar-refractivity contribution in [2.24, 2.45) is 0 Å². The second-order valence-electron chi connectivity index (χ2n) is 4.96. The van der Waals surface area contributed by atoms with Gasteiger partial charge in [0, 0.05) is 25.1 Å². The van der Waals surface area contributed by atoms with Gasteiger partial charge in [-0.05, 0) is 25.1 Å². The van der Waals surface area contributed by atoms with Crippen molar-refractivity contribution in [3.05, 3.63) is 41.6 Å². The van der Waals surface area contributed by atoms with Gasteiger partial charge in [0.25, 0.3) is 0 Å². The Morgan fingerprint density at radius 3 is 3.05 bits per heavy atom. The molecule has 0 aliphatic carbocycles. The summed E-state index contributed by atoms with van der Waals surface area (Å²) in [6.45, 7) is 3.71. The summed E-state index contributed by atoms with van der Waals surface area (Å²) in [7, 11) is 0. The zero-order valence-electron chi connectivity index (χ0n) is 11.0. The first-order chi connectivity index (χ1) is 9.36. The van der Waals surface area contributed by atoms with Gasteiger partial charge in [-0.2, -0.15) is 5.10 Å². The number of aryl methyl sites for hydroxylation is 1. The lowest BCUT2D eigenvalue weighted by molar-refractivity contribution is 0.252. The summed E-state index contributed by atoms with van der Waals surface area (Å²) < 4.78 is 7.25. The van der Waals surface area contributed by atoms with Crippen LogP contribution in [0, 0.1) is 0 Å². The molecule has 0 saturated heterocycles. The molecule has 102 valence electrons. The molecule has 0 saturated carbocycles. The summed E-state index contributed by atoms with van der Waals surface area (Å²) in [6.07, 6.45) is 5.75. The van der Waals surface area contributed by atoms with Crippen LogP contribution in [0.2, 0.25) is 0 Å². The molecule has 0 unspecified atom stereocenters. The van der Waals surface area contributed by atoms with Gasteiger partial charge in [-0.3, -0.25) is 9.58 Å². The lowest BCUT2D eigenvalue weighted by Crippen LogP contribution is -2.20. The molecule has 0 aromatic carbocycles. The second kappa shape index (κ2) is 5.59. The lowest BCUT2D eigenvalue weighted by Gasteiger charge is -2.14. The molecule has 1 aliphatic rings. The smallest absolute Gasteiger partial charge is 0.103 e. The number of aliphatic hydroxyl groups excluding tert-OH is 1. The highest BCUT2D eigenvalue weighted by Gasteiger charge is 2.22. The maximum absolute atomic E-state index is 9.00. The predicted octanol–water partition coefficient (Wildman–Crippen LogP) is 1.42. The van der Waals surface area contributed by atoms with Crippen molar-refractivity contribution in [3.63, 3.8) is 0 Å². The van der Waals surface area contributed by atoms with Gasteiger partial charge in [-0.25, -0.2) is 0 Å². The van der Waals surface area contributed by atoms with Crippen LogP contribution in [0.4, 0.5) is 0 Å². The molecule has 0 radical (unpaired) electrons. The van der Waals surface area contributed by atoms with E-state index in [1.807, 2.05) is 23.0 Å². The van der Waals surface area contributed by atoms with Crippen LogP contribution in [-0.4, -0.2) is 32.9 Å². The molecule has 0 fully saturated rings. The molecule has 0 atom stereocenters. The van der Waals surface area contributed by atoms with Crippen molar-refractivity contribution in [2.45, 2.75) is 32.5 Å². The molecule has 5 heteroatoms. The van der Waals surface area contributed by atoms with E-state index in [1.165, 1.54) is 11.3 Å². The van der Waals surface area contributed by atoms with E-state index in [9.17, 15) is 0 Å². The van der Waals surface area contributed by atoms with E-state index in [0.29, 0.717) is 6.54 Å². The average Bonchev–Trinajstić information content (AvgIpc) is 3.08. The third-order valence-electron chi connectivity index (χ3n) is 3.59. The molecule has 19 heavy (non-hydrogen) atoms. The fourth-order valence-electron chi connectivity index (χ4n) is 2.65. The molecule has 0 spiro atoms. The monoisotopic (exact) mass is 261 g/mol. The molecule has 2 aromatic heterocycles. The summed E-state index contributed by atoms with van der Waals surface area (Å²) in [5, 5.41) is 13.3. The summed E-state index contributed by atoms with van der Waals surface area (Å²) in [4.78, 5) is 2.42. The zero-order chi connectivity index (χ0) is 13.1. The normalized spacial score (nSPS) is 15.0. The summed E-state index contributed by atoms with van der Waals surface area (Å²) in [5.74, 6) is 1.06. The maximum atomic E-state index is 9.00. The Bertz CT molecular complexity index is 519. The molecular formula is C14H19N3O2. The summed E-state index contributed by atoms with van der Waals surface area (Å²) in [6, 6.07) is 3.96. The zero-order valence-corrected chi connectivity index (χ0v) is 11.0. The highest BCUT2D eigenvalue weighted by molar-refractivity contribution is 5.22. The molecule has 3 rings (SSSR count). The van der Waals surface area contributed by atoms with E-state index in [1.54, 1.807) is 6.26 Å². The second-order valence-corrected chi connectivity index (χ2v) is 4.96. The summed E-state index contributed by atoms with van der Waals surface area (Å²) in [5.41, 5.74) is 2.55. The van der Waals surface area contributed by atoms with E-state index in [4.69, 9.17) is 9.52 Å². The van der Waals surface area contributed by atoms with E-state index in [2.05, 4.69) is 10.00 Å². The van der Waals surface area contributed by atoms with Crippen LogP contribution in [-0.2, 0) is 26.1 Å². The van der Waals surface area contributed by atoms with Crippen molar-refractivity contribution in [2.75, 3.05) is 13.2 Å². The number of hydrogen-bond acceptors (Lipinski definition) is 4. The van der Waals surface area contributed by atoms with E-state index in [0.717, 1.165) is 38.2 Å². The Labute approximate surface area is 112 Å². The Balaban J connectivity index is 1.50. The minimum Gasteiger partial charge on any atom is -0.469 e. The van der Waals surface area contributed by atoms with Crippen LogP contribution >= 0.6 is 0 Å². The molecule has 1 aliphatic heterocycles. The van der Waals surface area contributed by atoms with Gasteiger partial charge in [-0.1, -0.05) is 0 Å². The van der Waals surface area contributed by atoms with Crippen LogP contribution < -0.4 is 0 Å². The number of furan rings is 1. The minimum atomic E-state index is 0.145. The maximum Gasteiger partial charge on any atom is 0.103 e. The number of hydrogen-bond donors (Lipinski definition) is 1. The Morgan fingerprint density at radius 2 is 2.26 bits per heavy atom. The van der Waals surface area contributed by atoms with Crippen molar-refractivity contribution in [1.29, 1.82) is 0 Å². The molecule has 1 N–H and O–H groups in total. The lowest BCUT2D eigenvalue weighted by atomic mass is 10.2. The van der Waals surface area contributed by atoms with Crippen LogP contribution in [0.5, 0.6) is 0 Å². The van der Waals surface area contributed by atoms with Gasteiger partial charge >= 0.3 is 0 Å². The SMILES string of the molecule is OCCn1ncc2c1CN(CCCc1ccco1)C2. The van der Waals surface area contributed by atoms with Crippen LogP contribution in [0.1, 0.15) is 23.4 Å². The van der Waals surface area contributed by atoms with Gasteiger partial charge in [0.15, 0.2) is 0 Å². The van der Waals surface area contributed by atoms with Gasteiger partial charge in [-0.15, -0.1) is 0 Å². The highest BCUT2D eigenvalue weighted by atomic mass is 16.3. The molecule has 0 amide bonds. The number of nitrogens with zero attached hydrogens (tertiary/aromatic N) is 3. The topological polar surface area (TPSA) is 54.4 Å². The minimum absolute atomic E-state index is 0.145. The number of rotatable bonds is 6. The number of aromatic nitrogens is 2. The van der Waals surface area contributed by atoms with Gasteiger partial charge in [0.05, 0.1) is 31.3 Å². The quantitative estimate of drug-likeness (QED) is 0.854. The first kappa shape index (κ1) is 12.4. The fraction of sp³-hybridized carbons (Fsp3) is 0.500. The Morgan fingerprint density at radius 1 is 1.32 bits per heavy atom. The predicted molar refractivity (Wildman–Crippen MR) is 70.5 cm³/mol. The van der Waals surface area contributed by atoms with E-state index in [-0.39, 0.29) is 6.61 Å². The first-order valence-electron chi connectivity index (χ1n) is 6.76. The molecule has 5 nitrogen and oxygen atoms in total. The van der Waals surface area contributed by atoms with Crippen molar-refractivity contribution in [1.82, 2.24) is 14.7 Å². The summed E-state index contributed by atoms with van der Waals surface area (Å²) >= 11 is 0. The molecule has 3 heterocycles. The third kappa shape index (κ3) is 2.72. The number of aliphatic hydroxyl groups is 1. The van der Waals surface area contributed by atoms with Crippen molar-refractivity contribution >= 4 is 0 Å². The van der Waals surface area contributed by atoms with Crippen molar-refractivity contribution in [3.8, 4) is 0 Å². The van der Waals surface area contributed by atoms with Crippen LogP contribution in [0.3, 0.4) is 0 Å². The van der Waals surface area contributed by atoms with E-state index < -0.39 is 0 Å². The van der Waals surface area contributed by atoms with Crippen molar-refractivity contribution < 1.29 is 9.52 Å². The first-order valence-corrected chi connectivity index (χ1v) is 6.76. The standard InChI is InChI=1S/C14H19N3O2/c18-7-6-17-14-11-16(10-12(14)9-15-17)5-1-3-13-4-2-8-19-13/h2,4,8-9,18H,1,3,5-7,10-11H2. The van der Waals surface area contributed by atoms with Gasteiger partial charge in [0.1, 0.15) is 5.76 Å². The Kier molecular flexibility index (Phi) is 3.66. The largest absolute Gasteiger partial charge is 0.469 e. The van der Waals surface area contributed by atoms with E-state index >= 15 is 0 Å². The number of fused-ring (bicyclic) bond motifs is 1. The Hall–Kier alpha value is -1.59. The fourth-order valence-corrected chi connectivity index (χ4v) is 2.65. The van der Waals surface area contributed by atoms with Crippen LogP contribution in [0.15, 0.2) is 29.0 Å². The van der Waals surface area contributed by atoms with Gasteiger partial charge < -0.3 is 9.52 Å².